The topological polar surface area (TPSA) is 90.8 Å². The summed E-state index contributed by atoms with van der Waals surface area (Å²) in [7, 11) is 0. The maximum Gasteiger partial charge on any atom is 0.266 e. The average Bonchev–Trinajstić information content (AvgIpc) is 3.13. The molecule has 0 atom stereocenters. The third-order valence-electron chi connectivity index (χ3n) is 5.69. The van der Waals surface area contributed by atoms with Crippen LogP contribution in [-0.2, 0) is 6.54 Å². The van der Waals surface area contributed by atoms with Crippen molar-refractivity contribution >= 4 is 40.7 Å². The fourth-order valence-electron chi connectivity index (χ4n) is 3.99. The number of imide groups is 1. The number of pyridine rings is 1. The summed E-state index contributed by atoms with van der Waals surface area (Å²) in [6.07, 6.45) is 1.62. The van der Waals surface area contributed by atoms with Crippen LogP contribution in [0.5, 0.6) is 5.75 Å². The quantitative estimate of drug-likeness (QED) is 0.399. The van der Waals surface area contributed by atoms with Crippen molar-refractivity contribution in [3.8, 4) is 5.75 Å². The number of carbonyl (C=O) groups is 3. The minimum absolute atomic E-state index is 0.0749. The Labute approximate surface area is 205 Å². The minimum Gasteiger partial charge on any atom is -0.506 e. The molecule has 3 aromatic carbocycles. The Morgan fingerprint density at radius 3 is 2.34 bits per heavy atom. The van der Waals surface area contributed by atoms with E-state index < -0.39 is 17.7 Å². The molecule has 0 saturated carbocycles. The summed E-state index contributed by atoms with van der Waals surface area (Å²) in [5.74, 6) is -1.61. The number of phenolic OH excluding ortho intramolecular Hbond substituents is 1. The second-order valence-corrected chi connectivity index (χ2v) is 8.27. The Kier molecular flexibility index (Phi) is 5.76. The van der Waals surface area contributed by atoms with E-state index >= 15 is 0 Å². The number of nitrogens with zero attached hydrogens (tertiary/aromatic N) is 3. The Balaban J connectivity index is 1.53. The molecule has 1 aliphatic rings. The number of benzene rings is 3. The van der Waals surface area contributed by atoms with Gasteiger partial charge in [-0.3, -0.25) is 24.3 Å². The second-order valence-electron chi connectivity index (χ2n) is 7.86. The number of rotatable bonds is 5. The van der Waals surface area contributed by atoms with E-state index in [1.54, 1.807) is 66.9 Å². The first-order valence-electron chi connectivity index (χ1n) is 10.7. The van der Waals surface area contributed by atoms with Gasteiger partial charge in [0.2, 0.25) is 0 Å². The number of halogens is 1. The largest absolute Gasteiger partial charge is 0.506 e. The fourth-order valence-corrected chi connectivity index (χ4v) is 4.21. The van der Waals surface area contributed by atoms with Crippen molar-refractivity contribution in [1.82, 2.24) is 4.98 Å². The van der Waals surface area contributed by atoms with Crippen molar-refractivity contribution in [3.63, 3.8) is 0 Å². The molecule has 7 nitrogen and oxygen atoms in total. The lowest BCUT2D eigenvalue weighted by Gasteiger charge is -2.23. The summed E-state index contributed by atoms with van der Waals surface area (Å²) < 4.78 is 0. The molecule has 2 heterocycles. The van der Waals surface area contributed by atoms with Gasteiger partial charge in [0.25, 0.3) is 17.7 Å². The standard InChI is InChI=1S/C27H18ClN3O4/c28-21-8-1-2-9-22(21)31-26(34)19-13-12-17(15-20(19)27(31)35)25(33)30(16-18-7-5-6-14-29-18)23-10-3-4-11-24(23)32/h1-15,32H,16H2. The lowest BCUT2D eigenvalue weighted by Crippen LogP contribution is -2.31. The van der Waals surface area contributed by atoms with Gasteiger partial charge in [-0.25, -0.2) is 4.90 Å². The molecule has 4 aromatic rings. The highest BCUT2D eigenvalue weighted by Crippen LogP contribution is 2.34. The van der Waals surface area contributed by atoms with Crippen LogP contribution in [0.4, 0.5) is 11.4 Å². The molecule has 0 spiro atoms. The molecule has 0 radical (unpaired) electrons. The number of aromatic nitrogens is 1. The number of para-hydroxylation sites is 3. The van der Waals surface area contributed by atoms with Gasteiger partial charge >= 0.3 is 0 Å². The van der Waals surface area contributed by atoms with Crippen LogP contribution in [-0.4, -0.2) is 27.8 Å². The van der Waals surface area contributed by atoms with Crippen LogP contribution in [0.2, 0.25) is 5.02 Å². The zero-order valence-corrected chi connectivity index (χ0v) is 19.0. The molecular formula is C27H18ClN3O4. The van der Waals surface area contributed by atoms with Crippen LogP contribution in [0.25, 0.3) is 0 Å². The van der Waals surface area contributed by atoms with E-state index in [1.807, 2.05) is 0 Å². The van der Waals surface area contributed by atoms with Crippen LogP contribution in [0.3, 0.4) is 0 Å². The summed E-state index contributed by atoms with van der Waals surface area (Å²) in [6, 6.07) is 22.7. The first-order valence-corrected chi connectivity index (χ1v) is 11.1. The van der Waals surface area contributed by atoms with Gasteiger partial charge in [-0.15, -0.1) is 0 Å². The molecule has 1 aliphatic heterocycles. The second kappa shape index (κ2) is 9.04. The SMILES string of the molecule is O=C(c1ccc2c(c1)C(=O)N(c1ccccc1Cl)C2=O)N(Cc1ccccn1)c1ccccc1O. The molecule has 1 aromatic heterocycles. The Bertz CT molecular complexity index is 1470. The van der Waals surface area contributed by atoms with E-state index in [9.17, 15) is 19.5 Å². The van der Waals surface area contributed by atoms with Gasteiger partial charge < -0.3 is 5.11 Å². The van der Waals surface area contributed by atoms with Gasteiger partial charge in [0.1, 0.15) is 5.75 Å². The monoisotopic (exact) mass is 483 g/mol. The summed E-state index contributed by atoms with van der Waals surface area (Å²) >= 11 is 6.22. The highest BCUT2D eigenvalue weighted by atomic mass is 35.5. The van der Waals surface area contributed by atoms with E-state index in [0.29, 0.717) is 11.4 Å². The molecule has 0 fully saturated rings. The molecule has 1 N–H and O–H groups in total. The third kappa shape index (κ3) is 4.02. The highest BCUT2D eigenvalue weighted by Gasteiger charge is 2.38. The Morgan fingerprint density at radius 1 is 0.886 bits per heavy atom. The lowest BCUT2D eigenvalue weighted by molar-refractivity contribution is 0.0925. The summed E-state index contributed by atoms with van der Waals surface area (Å²) in [6.45, 7) is 0.0902. The third-order valence-corrected chi connectivity index (χ3v) is 6.01. The van der Waals surface area contributed by atoms with Crippen molar-refractivity contribution in [2.45, 2.75) is 6.54 Å². The molecular weight excluding hydrogens is 466 g/mol. The van der Waals surface area contributed by atoms with E-state index in [-0.39, 0.29) is 39.7 Å². The van der Waals surface area contributed by atoms with Gasteiger partial charge in [0, 0.05) is 11.8 Å². The van der Waals surface area contributed by atoms with Crippen molar-refractivity contribution in [1.29, 1.82) is 0 Å². The van der Waals surface area contributed by atoms with Crippen LogP contribution in [0.15, 0.2) is 91.1 Å². The number of hydrogen-bond donors (Lipinski definition) is 1. The minimum atomic E-state index is -0.563. The predicted molar refractivity (Wildman–Crippen MR) is 132 cm³/mol. The Morgan fingerprint density at radius 2 is 1.60 bits per heavy atom. The molecule has 0 bridgehead atoms. The van der Waals surface area contributed by atoms with Crippen LogP contribution < -0.4 is 9.80 Å². The van der Waals surface area contributed by atoms with E-state index in [2.05, 4.69) is 4.98 Å². The maximum absolute atomic E-state index is 13.7. The molecule has 8 heteroatoms. The molecule has 0 saturated heterocycles. The summed E-state index contributed by atoms with van der Waals surface area (Å²) in [5.41, 5.74) is 1.66. The van der Waals surface area contributed by atoms with Crippen LogP contribution >= 0.6 is 11.6 Å². The number of amides is 3. The Hall–Kier alpha value is -4.49. The fraction of sp³-hybridized carbons (Fsp3) is 0.0370. The van der Waals surface area contributed by atoms with Crippen molar-refractivity contribution in [2.24, 2.45) is 0 Å². The molecule has 35 heavy (non-hydrogen) atoms. The summed E-state index contributed by atoms with van der Waals surface area (Å²) in [5, 5.41) is 10.7. The van der Waals surface area contributed by atoms with Crippen LogP contribution in [0.1, 0.15) is 36.8 Å². The summed E-state index contributed by atoms with van der Waals surface area (Å²) in [4.78, 5) is 46.5. The molecule has 0 unspecified atom stereocenters. The molecule has 3 amide bonds. The average molecular weight is 484 g/mol. The highest BCUT2D eigenvalue weighted by molar-refractivity contribution is 6.40. The first-order chi connectivity index (χ1) is 17.0. The van der Waals surface area contributed by atoms with Crippen molar-refractivity contribution < 1.29 is 19.5 Å². The van der Waals surface area contributed by atoms with E-state index in [0.717, 1.165) is 4.90 Å². The number of fused-ring (bicyclic) bond motifs is 1. The van der Waals surface area contributed by atoms with Crippen LogP contribution in [0, 0.1) is 0 Å². The zero-order valence-electron chi connectivity index (χ0n) is 18.3. The number of hydrogen-bond acceptors (Lipinski definition) is 5. The molecule has 5 rings (SSSR count). The van der Waals surface area contributed by atoms with Crippen molar-refractivity contribution in [2.75, 3.05) is 9.80 Å². The van der Waals surface area contributed by atoms with E-state index in [1.165, 1.54) is 29.2 Å². The molecule has 172 valence electrons. The smallest absolute Gasteiger partial charge is 0.266 e. The van der Waals surface area contributed by atoms with E-state index in [4.69, 9.17) is 11.6 Å². The lowest BCUT2D eigenvalue weighted by atomic mass is 10.0. The number of carbonyl (C=O) groups excluding carboxylic acids is 3. The maximum atomic E-state index is 13.7. The predicted octanol–water partition coefficient (Wildman–Crippen LogP) is 5.09. The van der Waals surface area contributed by atoms with Gasteiger partial charge in [-0.05, 0) is 54.6 Å². The normalized spacial score (nSPS) is 12.5. The molecule has 0 aliphatic carbocycles. The number of anilines is 2. The van der Waals surface area contributed by atoms with Crippen molar-refractivity contribution in [3.05, 3.63) is 119 Å². The van der Waals surface area contributed by atoms with Gasteiger partial charge in [-0.1, -0.05) is 41.9 Å². The van der Waals surface area contributed by atoms with Gasteiger partial charge in [0.15, 0.2) is 0 Å². The number of phenols is 1. The van der Waals surface area contributed by atoms with Gasteiger partial charge in [0.05, 0.1) is 39.8 Å². The zero-order chi connectivity index (χ0) is 24.5. The first kappa shape index (κ1) is 22.3. The van der Waals surface area contributed by atoms with Gasteiger partial charge in [-0.2, -0.15) is 0 Å². The number of aromatic hydroxyl groups is 1.